The normalized spacial score (nSPS) is 18.6. The summed E-state index contributed by atoms with van der Waals surface area (Å²) in [5, 5.41) is 8.52. The topological polar surface area (TPSA) is 60.0 Å². The molecule has 4 rings (SSSR count). The van der Waals surface area contributed by atoms with Crippen molar-refractivity contribution in [3.63, 3.8) is 0 Å². The van der Waals surface area contributed by atoms with E-state index in [1.165, 1.54) is 18.5 Å². The summed E-state index contributed by atoms with van der Waals surface area (Å²) >= 11 is 0. The molecule has 0 spiro atoms. The maximum absolute atomic E-state index is 5.95. The van der Waals surface area contributed by atoms with Crippen LogP contribution in [-0.2, 0) is 13.6 Å². The minimum atomic E-state index is 0.322. The van der Waals surface area contributed by atoms with E-state index in [0.29, 0.717) is 24.4 Å². The highest BCUT2D eigenvalue weighted by molar-refractivity contribution is 5.48. The first-order chi connectivity index (χ1) is 12.2. The van der Waals surface area contributed by atoms with Crippen LogP contribution < -0.4 is 0 Å². The molecule has 6 nitrogen and oxygen atoms in total. The second-order valence-electron chi connectivity index (χ2n) is 6.66. The molecule has 0 bridgehead atoms. The Morgan fingerprint density at radius 1 is 1.16 bits per heavy atom. The summed E-state index contributed by atoms with van der Waals surface area (Å²) in [5.41, 5.74) is 3.25. The lowest BCUT2D eigenvalue weighted by molar-refractivity contribution is 0.125. The Morgan fingerprint density at radius 2 is 2.08 bits per heavy atom. The van der Waals surface area contributed by atoms with Crippen molar-refractivity contribution in [1.82, 2.24) is 24.6 Å². The van der Waals surface area contributed by atoms with Gasteiger partial charge in [-0.25, -0.2) is 0 Å². The van der Waals surface area contributed by atoms with Crippen molar-refractivity contribution in [2.24, 2.45) is 7.05 Å². The van der Waals surface area contributed by atoms with E-state index >= 15 is 0 Å². The minimum absolute atomic E-state index is 0.322. The van der Waals surface area contributed by atoms with Gasteiger partial charge in [0, 0.05) is 18.9 Å². The van der Waals surface area contributed by atoms with Crippen LogP contribution in [0.5, 0.6) is 0 Å². The van der Waals surface area contributed by atoms with E-state index in [-0.39, 0.29) is 0 Å². The molecule has 4 heterocycles. The standard InChI is InChI=1S/C19H23N5O/c1-14-9-10-17(23(14)2)19-22-21-18(25-19)13-24-12-6-4-8-16(24)15-7-3-5-11-20-15/h3,5,7,9-11,16H,4,6,8,12-13H2,1-2H3. The number of piperidine rings is 1. The molecule has 130 valence electrons. The number of aryl methyl sites for hydroxylation is 1. The predicted molar refractivity (Wildman–Crippen MR) is 94.7 cm³/mol. The van der Waals surface area contributed by atoms with Gasteiger partial charge < -0.3 is 8.98 Å². The van der Waals surface area contributed by atoms with Crippen molar-refractivity contribution in [3.05, 3.63) is 53.8 Å². The minimum Gasteiger partial charge on any atom is -0.418 e. The van der Waals surface area contributed by atoms with Crippen molar-refractivity contribution in [1.29, 1.82) is 0 Å². The molecule has 0 aromatic carbocycles. The van der Waals surface area contributed by atoms with Crippen LogP contribution in [0.2, 0.25) is 0 Å². The van der Waals surface area contributed by atoms with Crippen LogP contribution in [-0.4, -0.2) is 31.2 Å². The van der Waals surface area contributed by atoms with Gasteiger partial charge in [0.05, 0.1) is 18.3 Å². The Balaban J connectivity index is 1.54. The summed E-state index contributed by atoms with van der Waals surface area (Å²) in [4.78, 5) is 6.95. The van der Waals surface area contributed by atoms with Crippen LogP contribution >= 0.6 is 0 Å². The molecular weight excluding hydrogens is 314 g/mol. The van der Waals surface area contributed by atoms with Crippen LogP contribution in [0.15, 0.2) is 40.9 Å². The predicted octanol–water partition coefficient (Wildman–Crippen LogP) is 3.51. The van der Waals surface area contributed by atoms with Crippen molar-refractivity contribution in [3.8, 4) is 11.6 Å². The van der Waals surface area contributed by atoms with Gasteiger partial charge in [-0.2, -0.15) is 0 Å². The number of rotatable bonds is 4. The Hall–Kier alpha value is -2.47. The zero-order valence-corrected chi connectivity index (χ0v) is 14.7. The van der Waals surface area contributed by atoms with Crippen LogP contribution in [0, 0.1) is 6.92 Å². The van der Waals surface area contributed by atoms with Gasteiger partial charge in [0.1, 0.15) is 5.69 Å². The average molecular weight is 337 g/mol. The molecule has 3 aromatic rings. The van der Waals surface area contributed by atoms with Crippen LogP contribution in [0.3, 0.4) is 0 Å². The molecule has 0 amide bonds. The number of hydrogen-bond acceptors (Lipinski definition) is 5. The molecule has 0 radical (unpaired) electrons. The molecule has 6 heteroatoms. The molecule has 3 aromatic heterocycles. The highest BCUT2D eigenvalue weighted by atomic mass is 16.4. The fraction of sp³-hybridized carbons (Fsp3) is 0.421. The molecule has 1 atom stereocenters. The first kappa shape index (κ1) is 16.0. The zero-order chi connectivity index (χ0) is 17.2. The van der Waals surface area contributed by atoms with E-state index in [9.17, 15) is 0 Å². The van der Waals surface area contributed by atoms with E-state index in [4.69, 9.17) is 4.42 Å². The lowest BCUT2D eigenvalue weighted by atomic mass is 9.99. The van der Waals surface area contributed by atoms with Gasteiger partial charge in [-0.15, -0.1) is 10.2 Å². The summed E-state index contributed by atoms with van der Waals surface area (Å²) < 4.78 is 8.01. The fourth-order valence-electron chi connectivity index (χ4n) is 3.51. The van der Waals surface area contributed by atoms with E-state index in [1.807, 2.05) is 25.4 Å². The van der Waals surface area contributed by atoms with Crippen molar-refractivity contribution >= 4 is 0 Å². The Bertz CT molecular complexity index is 839. The van der Waals surface area contributed by atoms with Gasteiger partial charge in [-0.3, -0.25) is 9.88 Å². The monoisotopic (exact) mass is 337 g/mol. The van der Waals surface area contributed by atoms with Gasteiger partial charge in [0.25, 0.3) is 5.89 Å². The third-order valence-electron chi connectivity index (χ3n) is 5.04. The molecule has 1 aliphatic rings. The third kappa shape index (κ3) is 3.22. The maximum atomic E-state index is 5.95. The summed E-state index contributed by atoms with van der Waals surface area (Å²) in [5.74, 6) is 1.24. The van der Waals surface area contributed by atoms with Gasteiger partial charge >= 0.3 is 0 Å². The number of nitrogens with zero attached hydrogens (tertiary/aromatic N) is 5. The summed E-state index contributed by atoms with van der Waals surface area (Å²) in [6, 6.07) is 10.5. The largest absolute Gasteiger partial charge is 0.418 e. The summed E-state index contributed by atoms with van der Waals surface area (Å²) in [7, 11) is 2.01. The van der Waals surface area contributed by atoms with Crippen LogP contribution in [0.25, 0.3) is 11.6 Å². The Labute approximate surface area is 147 Å². The smallest absolute Gasteiger partial charge is 0.264 e. The van der Waals surface area contributed by atoms with Gasteiger partial charge in [-0.1, -0.05) is 12.5 Å². The summed E-state index contributed by atoms with van der Waals surface area (Å²) in [6.45, 7) is 3.76. The summed E-state index contributed by atoms with van der Waals surface area (Å²) in [6.07, 6.45) is 5.41. The Morgan fingerprint density at radius 3 is 2.84 bits per heavy atom. The molecule has 1 unspecified atom stereocenters. The highest BCUT2D eigenvalue weighted by Crippen LogP contribution is 2.31. The van der Waals surface area contributed by atoms with E-state index < -0.39 is 0 Å². The number of aromatic nitrogens is 4. The van der Waals surface area contributed by atoms with E-state index in [1.54, 1.807) is 0 Å². The maximum Gasteiger partial charge on any atom is 0.264 e. The molecule has 0 aliphatic carbocycles. The zero-order valence-electron chi connectivity index (χ0n) is 14.7. The average Bonchev–Trinajstić information content (AvgIpc) is 3.23. The number of likely N-dealkylation sites (tertiary alicyclic amines) is 1. The molecule has 25 heavy (non-hydrogen) atoms. The SMILES string of the molecule is Cc1ccc(-c2nnc(CN3CCCCC3c3ccccn3)o2)n1C. The first-order valence-electron chi connectivity index (χ1n) is 8.82. The third-order valence-corrected chi connectivity index (χ3v) is 5.04. The molecule has 1 fully saturated rings. The lowest BCUT2D eigenvalue weighted by Crippen LogP contribution is -2.33. The molecule has 0 saturated carbocycles. The van der Waals surface area contributed by atoms with Crippen LogP contribution in [0.1, 0.15) is 42.6 Å². The van der Waals surface area contributed by atoms with Gasteiger partial charge in [0.15, 0.2) is 0 Å². The number of hydrogen-bond donors (Lipinski definition) is 0. The molecule has 1 aliphatic heterocycles. The highest BCUT2D eigenvalue weighted by Gasteiger charge is 2.26. The Kier molecular flexibility index (Phi) is 4.36. The number of pyridine rings is 1. The van der Waals surface area contributed by atoms with Crippen molar-refractivity contribution in [2.75, 3.05) is 6.54 Å². The van der Waals surface area contributed by atoms with Crippen molar-refractivity contribution < 1.29 is 4.42 Å². The van der Waals surface area contributed by atoms with Gasteiger partial charge in [-0.05, 0) is 50.6 Å². The van der Waals surface area contributed by atoms with Crippen molar-refractivity contribution in [2.45, 2.75) is 38.8 Å². The molecule has 1 saturated heterocycles. The van der Waals surface area contributed by atoms with Crippen LogP contribution in [0.4, 0.5) is 0 Å². The van der Waals surface area contributed by atoms with E-state index in [0.717, 1.165) is 24.4 Å². The molecular formula is C19H23N5O. The van der Waals surface area contributed by atoms with E-state index in [2.05, 4.69) is 49.8 Å². The first-order valence-corrected chi connectivity index (χ1v) is 8.82. The van der Waals surface area contributed by atoms with Gasteiger partial charge in [0.2, 0.25) is 5.89 Å². The quantitative estimate of drug-likeness (QED) is 0.729. The second-order valence-corrected chi connectivity index (χ2v) is 6.66. The fourth-order valence-corrected chi connectivity index (χ4v) is 3.51. The second kappa shape index (κ2) is 6.80. The molecule has 0 N–H and O–H groups in total. The lowest BCUT2D eigenvalue weighted by Gasteiger charge is -2.34.